The number of nitrogens with zero attached hydrogens (tertiary/aromatic N) is 1. The summed E-state index contributed by atoms with van der Waals surface area (Å²) in [5.41, 5.74) is 2.80. The third-order valence-corrected chi connectivity index (χ3v) is 3.42. The second-order valence-electron chi connectivity index (χ2n) is 4.69. The molecule has 2 N–H and O–H groups in total. The monoisotopic (exact) mass is 392 g/mol. The molecule has 0 aromatic heterocycles. The van der Waals surface area contributed by atoms with Crippen LogP contribution in [0, 0.1) is 0 Å². The molecule has 0 aliphatic carbocycles. The molecular formula is C17H17BrN2O4. The summed E-state index contributed by atoms with van der Waals surface area (Å²) >= 11 is 3.32. The van der Waals surface area contributed by atoms with Gasteiger partial charge in [0.15, 0.2) is 6.61 Å². The molecule has 2 aromatic carbocycles. The molecule has 24 heavy (non-hydrogen) atoms. The van der Waals surface area contributed by atoms with Gasteiger partial charge in [0.05, 0.1) is 12.8 Å². The number of aromatic hydroxyl groups is 1. The van der Waals surface area contributed by atoms with E-state index < -0.39 is 5.91 Å². The van der Waals surface area contributed by atoms with Crippen molar-refractivity contribution in [2.45, 2.75) is 6.92 Å². The number of hydrogen-bond acceptors (Lipinski definition) is 5. The number of phenolic OH excluding ortho intramolecular Hbond substituents is 1. The summed E-state index contributed by atoms with van der Waals surface area (Å²) < 4.78 is 11.5. The van der Waals surface area contributed by atoms with Crippen LogP contribution in [0.1, 0.15) is 12.5 Å². The average molecular weight is 393 g/mol. The fourth-order valence-electron chi connectivity index (χ4n) is 1.77. The maximum Gasteiger partial charge on any atom is 0.277 e. The van der Waals surface area contributed by atoms with Gasteiger partial charge in [-0.25, -0.2) is 5.43 Å². The van der Waals surface area contributed by atoms with Crippen LogP contribution in [0.25, 0.3) is 0 Å². The maximum absolute atomic E-state index is 11.7. The van der Waals surface area contributed by atoms with Crippen molar-refractivity contribution in [3.8, 4) is 17.2 Å². The van der Waals surface area contributed by atoms with Crippen molar-refractivity contribution in [1.82, 2.24) is 5.43 Å². The van der Waals surface area contributed by atoms with Crippen LogP contribution in [0.3, 0.4) is 0 Å². The van der Waals surface area contributed by atoms with Gasteiger partial charge in [0.25, 0.3) is 5.91 Å². The average Bonchev–Trinajstić information content (AvgIpc) is 2.56. The van der Waals surface area contributed by atoms with Crippen LogP contribution in [-0.4, -0.2) is 30.4 Å². The van der Waals surface area contributed by atoms with E-state index in [0.717, 1.165) is 4.47 Å². The van der Waals surface area contributed by atoms with Gasteiger partial charge in [-0.15, -0.1) is 0 Å². The first kappa shape index (κ1) is 17.8. The van der Waals surface area contributed by atoms with E-state index >= 15 is 0 Å². The topological polar surface area (TPSA) is 80.2 Å². The van der Waals surface area contributed by atoms with Crippen LogP contribution in [0.2, 0.25) is 0 Å². The number of carbonyl (C=O) groups is 1. The molecular weight excluding hydrogens is 376 g/mol. The number of hydrazone groups is 1. The van der Waals surface area contributed by atoms with Crippen LogP contribution >= 0.6 is 15.9 Å². The first-order chi connectivity index (χ1) is 11.6. The molecule has 0 aliphatic rings. The molecule has 0 fully saturated rings. The van der Waals surface area contributed by atoms with Gasteiger partial charge in [-0.3, -0.25) is 4.79 Å². The fraction of sp³-hybridized carbons (Fsp3) is 0.176. The molecule has 0 atom stereocenters. The quantitative estimate of drug-likeness (QED) is 0.560. The summed E-state index contributed by atoms with van der Waals surface area (Å²) in [5.74, 6) is 0.769. The highest BCUT2D eigenvalue weighted by Crippen LogP contribution is 2.22. The zero-order valence-electron chi connectivity index (χ0n) is 13.0. The summed E-state index contributed by atoms with van der Waals surface area (Å²) in [5, 5.41) is 13.6. The van der Waals surface area contributed by atoms with E-state index in [1.54, 1.807) is 24.3 Å². The molecule has 2 rings (SSSR count). The van der Waals surface area contributed by atoms with Crippen LogP contribution in [0.5, 0.6) is 17.2 Å². The van der Waals surface area contributed by atoms with Crippen molar-refractivity contribution >= 4 is 28.1 Å². The predicted octanol–water partition coefficient (Wildman–Crippen LogP) is 3.08. The molecule has 6 nitrogen and oxygen atoms in total. The SMILES string of the molecule is CCOc1ccc(C=NNC(=O)COc2ccc(Br)cc2)c(O)c1. The zero-order valence-corrected chi connectivity index (χ0v) is 14.6. The first-order valence-electron chi connectivity index (χ1n) is 7.24. The van der Waals surface area contributed by atoms with Crippen LogP contribution < -0.4 is 14.9 Å². The molecule has 2 aromatic rings. The summed E-state index contributed by atoms with van der Waals surface area (Å²) in [6, 6.07) is 12.0. The minimum Gasteiger partial charge on any atom is -0.507 e. The third-order valence-electron chi connectivity index (χ3n) is 2.89. The Morgan fingerprint density at radius 2 is 1.92 bits per heavy atom. The highest BCUT2D eigenvalue weighted by molar-refractivity contribution is 9.10. The lowest BCUT2D eigenvalue weighted by atomic mass is 10.2. The maximum atomic E-state index is 11.7. The van der Waals surface area contributed by atoms with Gasteiger partial charge in [-0.2, -0.15) is 5.10 Å². The van der Waals surface area contributed by atoms with E-state index in [0.29, 0.717) is 23.7 Å². The Morgan fingerprint density at radius 3 is 2.58 bits per heavy atom. The van der Waals surface area contributed by atoms with Crippen molar-refractivity contribution < 1.29 is 19.4 Å². The highest BCUT2D eigenvalue weighted by atomic mass is 79.9. The molecule has 0 aliphatic heterocycles. The number of hydrogen-bond donors (Lipinski definition) is 2. The zero-order chi connectivity index (χ0) is 17.4. The number of ether oxygens (including phenoxy) is 2. The van der Waals surface area contributed by atoms with E-state index in [2.05, 4.69) is 26.5 Å². The molecule has 0 radical (unpaired) electrons. The van der Waals surface area contributed by atoms with Gasteiger partial charge in [-0.05, 0) is 43.3 Å². The summed E-state index contributed by atoms with van der Waals surface area (Å²) in [6.45, 7) is 2.22. The Bertz CT molecular complexity index is 717. The second-order valence-corrected chi connectivity index (χ2v) is 5.61. The largest absolute Gasteiger partial charge is 0.507 e. The van der Waals surface area contributed by atoms with Gasteiger partial charge in [-0.1, -0.05) is 15.9 Å². The molecule has 0 heterocycles. The van der Waals surface area contributed by atoms with Crippen LogP contribution in [-0.2, 0) is 4.79 Å². The Kier molecular flexibility index (Phi) is 6.62. The van der Waals surface area contributed by atoms with Crippen molar-refractivity contribution in [3.63, 3.8) is 0 Å². The Hall–Kier alpha value is -2.54. The molecule has 7 heteroatoms. The van der Waals surface area contributed by atoms with Crippen molar-refractivity contribution in [1.29, 1.82) is 0 Å². The number of benzene rings is 2. The molecule has 0 bridgehead atoms. The van der Waals surface area contributed by atoms with Gasteiger partial charge >= 0.3 is 0 Å². The minimum atomic E-state index is -0.403. The Labute approximate surface area is 148 Å². The van der Waals surface area contributed by atoms with Gasteiger partial charge in [0.1, 0.15) is 17.2 Å². The molecule has 0 spiro atoms. The number of carbonyl (C=O) groups excluding carboxylic acids is 1. The summed E-state index contributed by atoms with van der Waals surface area (Å²) in [7, 11) is 0. The third kappa shape index (κ3) is 5.58. The van der Waals surface area contributed by atoms with Gasteiger partial charge in [0.2, 0.25) is 0 Å². The van der Waals surface area contributed by atoms with Gasteiger partial charge in [0, 0.05) is 16.1 Å². The first-order valence-corrected chi connectivity index (χ1v) is 8.04. The Balaban J connectivity index is 1.82. The van der Waals surface area contributed by atoms with E-state index in [1.165, 1.54) is 12.3 Å². The lowest BCUT2D eigenvalue weighted by Gasteiger charge is -2.06. The van der Waals surface area contributed by atoms with Crippen LogP contribution in [0.4, 0.5) is 0 Å². The van der Waals surface area contributed by atoms with E-state index in [-0.39, 0.29) is 12.4 Å². The molecule has 0 saturated heterocycles. The molecule has 0 saturated carbocycles. The summed E-state index contributed by atoms with van der Waals surface area (Å²) in [4.78, 5) is 11.7. The highest BCUT2D eigenvalue weighted by Gasteiger charge is 2.03. The second kappa shape index (κ2) is 8.93. The van der Waals surface area contributed by atoms with E-state index in [9.17, 15) is 9.90 Å². The smallest absolute Gasteiger partial charge is 0.277 e. The predicted molar refractivity (Wildman–Crippen MR) is 94.6 cm³/mol. The lowest BCUT2D eigenvalue weighted by molar-refractivity contribution is -0.123. The van der Waals surface area contributed by atoms with E-state index in [1.807, 2.05) is 19.1 Å². The molecule has 126 valence electrons. The minimum absolute atomic E-state index is 0.0186. The van der Waals surface area contributed by atoms with Crippen molar-refractivity contribution in [2.75, 3.05) is 13.2 Å². The van der Waals surface area contributed by atoms with Crippen molar-refractivity contribution in [3.05, 3.63) is 52.5 Å². The summed E-state index contributed by atoms with van der Waals surface area (Å²) in [6.07, 6.45) is 1.35. The standard InChI is InChI=1S/C17H17BrN2O4/c1-2-23-15-6-3-12(16(21)9-15)10-19-20-17(22)11-24-14-7-4-13(18)5-8-14/h3-10,21H,2,11H2,1H3,(H,20,22). The number of halogens is 1. The number of amides is 1. The van der Waals surface area contributed by atoms with Gasteiger partial charge < -0.3 is 14.6 Å². The number of nitrogens with one attached hydrogen (secondary N) is 1. The lowest BCUT2D eigenvalue weighted by Crippen LogP contribution is -2.24. The number of rotatable bonds is 7. The Morgan fingerprint density at radius 1 is 1.21 bits per heavy atom. The van der Waals surface area contributed by atoms with Crippen LogP contribution in [0.15, 0.2) is 52.0 Å². The van der Waals surface area contributed by atoms with Crippen molar-refractivity contribution in [2.24, 2.45) is 5.10 Å². The fourth-order valence-corrected chi connectivity index (χ4v) is 2.04. The molecule has 1 amide bonds. The number of phenols is 1. The normalized spacial score (nSPS) is 10.6. The molecule has 0 unspecified atom stereocenters. The van der Waals surface area contributed by atoms with E-state index in [4.69, 9.17) is 9.47 Å².